The fourth-order valence-corrected chi connectivity index (χ4v) is 3.38. The van der Waals surface area contributed by atoms with Crippen LogP contribution < -0.4 is 0 Å². The normalized spacial score (nSPS) is 11.9. The first-order chi connectivity index (χ1) is 10.6. The predicted molar refractivity (Wildman–Crippen MR) is 94.4 cm³/mol. The number of para-hydroxylation sites is 1. The van der Waals surface area contributed by atoms with Gasteiger partial charge in [0, 0.05) is 29.5 Å². The van der Waals surface area contributed by atoms with E-state index in [2.05, 4.69) is 73.0 Å². The third-order valence-electron chi connectivity index (χ3n) is 4.49. The maximum Gasteiger partial charge on any atom is 0.0707 e. The van der Waals surface area contributed by atoms with Crippen LogP contribution in [-0.4, -0.2) is 35.1 Å². The van der Waals surface area contributed by atoms with Crippen LogP contribution in [0.5, 0.6) is 0 Å². The number of hydrogen-bond acceptors (Lipinski definition) is 2. The van der Waals surface area contributed by atoms with Gasteiger partial charge in [-0.2, -0.15) is 0 Å². The van der Waals surface area contributed by atoms with Gasteiger partial charge in [-0.1, -0.05) is 18.2 Å². The van der Waals surface area contributed by atoms with Crippen molar-refractivity contribution in [1.29, 1.82) is 0 Å². The summed E-state index contributed by atoms with van der Waals surface area (Å²) in [6.45, 7) is 3.26. The van der Waals surface area contributed by atoms with Crippen LogP contribution >= 0.6 is 0 Å². The van der Waals surface area contributed by atoms with Crippen molar-refractivity contribution in [2.45, 2.75) is 26.2 Å². The Morgan fingerprint density at radius 3 is 2.68 bits per heavy atom. The van der Waals surface area contributed by atoms with Gasteiger partial charge in [-0.25, -0.2) is 0 Å². The molecule has 0 aliphatic carbocycles. The minimum Gasteiger partial charge on any atom is -0.342 e. The lowest BCUT2D eigenvalue weighted by Crippen LogP contribution is -2.12. The molecule has 3 rings (SSSR count). The molecular formula is C19H25N3. The van der Waals surface area contributed by atoms with Crippen LogP contribution in [0, 0.1) is 6.92 Å². The molecule has 0 bridgehead atoms. The van der Waals surface area contributed by atoms with Crippen LogP contribution in [0.4, 0.5) is 0 Å². The predicted octanol–water partition coefficient (Wildman–Crippen LogP) is 3.92. The number of aromatic nitrogens is 2. The van der Waals surface area contributed by atoms with Crippen LogP contribution in [0.15, 0.2) is 30.5 Å². The Hall–Kier alpha value is -1.87. The average molecular weight is 295 g/mol. The Labute approximate surface area is 132 Å². The Bertz CT molecular complexity index is 799. The molecule has 0 amide bonds. The zero-order valence-corrected chi connectivity index (χ0v) is 14.1. The lowest BCUT2D eigenvalue weighted by atomic mass is 10.0. The van der Waals surface area contributed by atoms with Crippen molar-refractivity contribution >= 4 is 21.8 Å². The third-order valence-corrected chi connectivity index (χ3v) is 4.49. The highest BCUT2D eigenvalue weighted by Gasteiger charge is 2.14. The van der Waals surface area contributed by atoms with Gasteiger partial charge in [0.2, 0.25) is 0 Å². The van der Waals surface area contributed by atoms with Crippen LogP contribution in [0.2, 0.25) is 0 Å². The lowest BCUT2D eigenvalue weighted by Gasteiger charge is -2.10. The summed E-state index contributed by atoms with van der Waals surface area (Å²) in [7, 11) is 6.42. The lowest BCUT2D eigenvalue weighted by molar-refractivity contribution is 0.394. The molecule has 0 N–H and O–H groups in total. The van der Waals surface area contributed by atoms with Crippen LogP contribution in [0.3, 0.4) is 0 Å². The summed E-state index contributed by atoms with van der Waals surface area (Å²) in [5.74, 6) is 0. The van der Waals surface area contributed by atoms with Gasteiger partial charge in [0.1, 0.15) is 0 Å². The molecule has 3 heteroatoms. The number of benzene rings is 1. The smallest absolute Gasteiger partial charge is 0.0707 e. The van der Waals surface area contributed by atoms with E-state index in [9.17, 15) is 0 Å². The van der Waals surface area contributed by atoms with Gasteiger partial charge in [-0.05, 0) is 58.5 Å². The summed E-state index contributed by atoms with van der Waals surface area (Å²) in [5.41, 5.74) is 5.08. The molecule has 3 aromatic rings. The van der Waals surface area contributed by atoms with Gasteiger partial charge in [0.05, 0.1) is 11.2 Å². The fraction of sp³-hybridized carbons (Fsp3) is 0.421. The van der Waals surface area contributed by atoms with E-state index in [4.69, 9.17) is 0 Å². The summed E-state index contributed by atoms with van der Waals surface area (Å²) in [6.07, 6.45) is 5.62. The summed E-state index contributed by atoms with van der Waals surface area (Å²) in [6, 6.07) is 8.68. The van der Waals surface area contributed by atoms with Gasteiger partial charge in [0.25, 0.3) is 0 Å². The monoisotopic (exact) mass is 295 g/mol. The van der Waals surface area contributed by atoms with Gasteiger partial charge >= 0.3 is 0 Å². The molecule has 0 atom stereocenters. The number of unbranched alkanes of at least 4 members (excludes halogenated alkanes) is 1. The first kappa shape index (κ1) is 15.0. The summed E-state index contributed by atoms with van der Waals surface area (Å²) >= 11 is 0. The molecule has 0 radical (unpaired) electrons. The highest BCUT2D eigenvalue weighted by atomic mass is 15.0. The van der Waals surface area contributed by atoms with Crippen molar-refractivity contribution in [3.63, 3.8) is 0 Å². The molecule has 1 aromatic carbocycles. The van der Waals surface area contributed by atoms with Crippen molar-refractivity contribution in [3.05, 3.63) is 41.7 Å². The van der Waals surface area contributed by atoms with Crippen LogP contribution in [0.25, 0.3) is 21.8 Å². The highest BCUT2D eigenvalue weighted by molar-refractivity contribution is 6.10. The summed E-state index contributed by atoms with van der Waals surface area (Å²) in [5, 5.41) is 2.75. The van der Waals surface area contributed by atoms with E-state index >= 15 is 0 Å². The van der Waals surface area contributed by atoms with E-state index in [1.807, 2.05) is 0 Å². The second-order valence-corrected chi connectivity index (χ2v) is 6.43. The molecule has 0 saturated heterocycles. The van der Waals surface area contributed by atoms with Gasteiger partial charge in [-0.3, -0.25) is 4.98 Å². The van der Waals surface area contributed by atoms with Gasteiger partial charge in [-0.15, -0.1) is 0 Å². The maximum atomic E-state index is 4.65. The molecule has 2 heterocycles. The van der Waals surface area contributed by atoms with E-state index in [1.54, 1.807) is 0 Å². The zero-order chi connectivity index (χ0) is 15.7. The average Bonchev–Trinajstić information content (AvgIpc) is 2.81. The number of rotatable bonds is 5. The largest absolute Gasteiger partial charge is 0.342 e. The molecule has 0 fully saturated rings. The van der Waals surface area contributed by atoms with E-state index in [1.165, 1.54) is 40.2 Å². The van der Waals surface area contributed by atoms with Crippen LogP contribution in [0.1, 0.15) is 24.1 Å². The molecule has 2 aromatic heterocycles. The fourth-order valence-electron chi connectivity index (χ4n) is 3.38. The topological polar surface area (TPSA) is 21.1 Å². The summed E-state index contributed by atoms with van der Waals surface area (Å²) < 4.78 is 2.29. The van der Waals surface area contributed by atoms with E-state index in [0.29, 0.717) is 0 Å². The second kappa shape index (κ2) is 6.09. The van der Waals surface area contributed by atoms with Crippen molar-refractivity contribution in [3.8, 4) is 0 Å². The van der Waals surface area contributed by atoms with E-state index in [0.717, 1.165) is 18.7 Å². The minimum absolute atomic E-state index is 1.10. The minimum atomic E-state index is 1.10. The molecule has 0 spiro atoms. The quantitative estimate of drug-likeness (QED) is 0.665. The number of pyridine rings is 1. The molecule has 22 heavy (non-hydrogen) atoms. The van der Waals surface area contributed by atoms with Gasteiger partial charge in [0.15, 0.2) is 0 Å². The summed E-state index contributed by atoms with van der Waals surface area (Å²) in [4.78, 5) is 6.90. The molecule has 0 aliphatic rings. The zero-order valence-electron chi connectivity index (χ0n) is 14.1. The SMILES string of the molecule is Cc1ncc(CCCCN(C)C)c2c3ccccc3n(C)c12. The van der Waals surface area contributed by atoms with Crippen LogP contribution in [-0.2, 0) is 13.5 Å². The number of nitrogens with zero attached hydrogens (tertiary/aromatic N) is 3. The number of hydrogen-bond donors (Lipinski definition) is 0. The number of aryl methyl sites for hydroxylation is 3. The molecule has 3 nitrogen and oxygen atoms in total. The van der Waals surface area contributed by atoms with E-state index < -0.39 is 0 Å². The Kier molecular flexibility index (Phi) is 4.16. The first-order valence-corrected chi connectivity index (χ1v) is 8.06. The Morgan fingerprint density at radius 2 is 1.91 bits per heavy atom. The molecular weight excluding hydrogens is 270 g/mol. The second-order valence-electron chi connectivity index (χ2n) is 6.43. The Morgan fingerprint density at radius 1 is 1.14 bits per heavy atom. The molecule has 0 unspecified atom stereocenters. The van der Waals surface area contributed by atoms with Crippen molar-refractivity contribution in [2.75, 3.05) is 20.6 Å². The number of fused-ring (bicyclic) bond motifs is 3. The molecule has 0 saturated carbocycles. The standard InChI is InChI=1S/C19H25N3/c1-14-19-18(16-10-5-6-11-17(16)22(19)4)15(13-20-14)9-7-8-12-21(2)3/h5-6,10-11,13H,7-9,12H2,1-4H3. The van der Waals surface area contributed by atoms with Gasteiger partial charge < -0.3 is 9.47 Å². The third kappa shape index (κ3) is 2.61. The molecule has 0 aliphatic heterocycles. The van der Waals surface area contributed by atoms with Crippen molar-refractivity contribution < 1.29 is 0 Å². The van der Waals surface area contributed by atoms with Crippen molar-refractivity contribution in [2.24, 2.45) is 7.05 Å². The maximum absolute atomic E-state index is 4.65. The highest BCUT2D eigenvalue weighted by Crippen LogP contribution is 2.32. The Balaban J connectivity index is 2.04. The van der Waals surface area contributed by atoms with Crippen molar-refractivity contribution in [1.82, 2.24) is 14.5 Å². The van der Waals surface area contributed by atoms with E-state index in [-0.39, 0.29) is 0 Å². The first-order valence-electron chi connectivity index (χ1n) is 8.06. The molecule has 116 valence electrons.